The summed E-state index contributed by atoms with van der Waals surface area (Å²) in [5.41, 5.74) is -1.71. The fraction of sp³-hybridized carbons (Fsp3) is 0.818. The standard InChI is InChI=1S/C22H37N3O6/c1-6-7-8-11-22(12-14-24(19(22)28)15-17(26)30-5)23-18(27)16-10-9-13-25(16)20(29)31-21(2,3)4/h16H,6-15H2,1-5H3,(H,23,27)/t16-,22+/m0/s1. The summed E-state index contributed by atoms with van der Waals surface area (Å²) in [6, 6.07) is -0.666. The lowest BCUT2D eigenvalue weighted by molar-refractivity contribution is -0.147. The van der Waals surface area contributed by atoms with E-state index in [4.69, 9.17) is 9.47 Å². The Morgan fingerprint density at radius 3 is 2.52 bits per heavy atom. The SMILES string of the molecule is CCCCC[C@@]1(NC(=O)[C@@H]2CCCN2C(=O)OC(C)(C)C)CCN(CC(=O)OC)C1=O. The van der Waals surface area contributed by atoms with E-state index in [1.165, 1.54) is 16.9 Å². The van der Waals surface area contributed by atoms with Crippen molar-refractivity contribution in [2.45, 2.75) is 89.8 Å². The fourth-order valence-electron chi connectivity index (χ4n) is 4.19. The Labute approximate surface area is 184 Å². The van der Waals surface area contributed by atoms with Crippen LogP contribution in [0.2, 0.25) is 0 Å². The molecule has 0 unspecified atom stereocenters. The number of methoxy groups -OCH3 is 1. The van der Waals surface area contributed by atoms with Crippen molar-refractivity contribution in [1.82, 2.24) is 15.1 Å². The Kier molecular flexibility index (Phi) is 8.31. The number of unbranched alkanes of at least 4 members (excludes halogenated alkanes) is 2. The van der Waals surface area contributed by atoms with Crippen LogP contribution in [0.4, 0.5) is 4.79 Å². The maximum atomic E-state index is 13.2. The highest BCUT2D eigenvalue weighted by atomic mass is 16.6. The second-order valence-electron chi connectivity index (χ2n) is 9.41. The summed E-state index contributed by atoms with van der Waals surface area (Å²) in [6.45, 7) is 8.11. The predicted molar refractivity (Wildman–Crippen MR) is 114 cm³/mol. The first-order chi connectivity index (χ1) is 14.5. The highest BCUT2D eigenvalue weighted by Gasteiger charge is 2.49. The van der Waals surface area contributed by atoms with Crippen LogP contribution in [-0.2, 0) is 23.9 Å². The van der Waals surface area contributed by atoms with Gasteiger partial charge in [-0.3, -0.25) is 19.3 Å². The van der Waals surface area contributed by atoms with Crippen molar-refractivity contribution in [2.24, 2.45) is 0 Å². The molecule has 2 rings (SSSR count). The second kappa shape index (κ2) is 10.3. The molecule has 0 saturated carbocycles. The highest BCUT2D eigenvalue weighted by molar-refractivity contribution is 5.96. The zero-order valence-electron chi connectivity index (χ0n) is 19.5. The number of nitrogens with zero attached hydrogens (tertiary/aromatic N) is 2. The lowest BCUT2D eigenvalue weighted by Crippen LogP contribution is -2.59. The zero-order chi connectivity index (χ0) is 23.2. The van der Waals surface area contributed by atoms with Gasteiger partial charge in [0.2, 0.25) is 11.8 Å². The van der Waals surface area contributed by atoms with Crippen molar-refractivity contribution in [3.8, 4) is 0 Å². The zero-order valence-corrected chi connectivity index (χ0v) is 19.5. The van der Waals surface area contributed by atoms with Crippen LogP contribution in [0.1, 0.15) is 72.6 Å². The smallest absolute Gasteiger partial charge is 0.410 e. The largest absolute Gasteiger partial charge is 0.468 e. The van der Waals surface area contributed by atoms with Gasteiger partial charge in [0.25, 0.3) is 0 Å². The molecule has 3 amide bonds. The monoisotopic (exact) mass is 439 g/mol. The van der Waals surface area contributed by atoms with E-state index in [0.29, 0.717) is 38.8 Å². The van der Waals surface area contributed by atoms with Crippen molar-refractivity contribution in [3.05, 3.63) is 0 Å². The summed E-state index contributed by atoms with van der Waals surface area (Å²) in [4.78, 5) is 53.6. The molecule has 0 aromatic rings. The average Bonchev–Trinajstić information content (AvgIpc) is 3.28. The first-order valence-electron chi connectivity index (χ1n) is 11.2. The third kappa shape index (κ3) is 6.33. The number of amides is 3. The van der Waals surface area contributed by atoms with Crippen LogP contribution in [0, 0.1) is 0 Å². The Balaban J connectivity index is 2.15. The number of ether oxygens (including phenoxy) is 2. The third-order valence-electron chi connectivity index (χ3n) is 5.81. The Hall–Kier alpha value is -2.32. The van der Waals surface area contributed by atoms with Crippen molar-refractivity contribution < 1.29 is 28.7 Å². The number of hydrogen-bond acceptors (Lipinski definition) is 6. The topological polar surface area (TPSA) is 105 Å². The molecular weight excluding hydrogens is 402 g/mol. The second-order valence-corrected chi connectivity index (χ2v) is 9.41. The van der Waals surface area contributed by atoms with Crippen molar-refractivity contribution in [3.63, 3.8) is 0 Å². The normalized spacial score (nSPS) is 23.8. The molecule has 0 spiro atoms. The number of hydrogen-bond donors (Lipinski definition) is 1. The molecule has 0 radical (unpaired) electrons. The number of esters is 1. The Bertz CT molecular complexity index is 689. The van der Waals surface area contributed by atoms with Gasteiger partial charge in [0.05, 0.1) is 7.11 Å². The van der Waals surface area contributed by atoms with Crippen LogP contribution in [0.25, 0.3) is 0 Å². The van der Waals surface area contributed by atoms with E-state index >= 15 is 0 Å². The van der Waals surface area contributed by atoms with Gasteiger partial charge in [-0.2, -0.15) is 0 Å². The summed E-state index contributed by atoms with van der Waals surface area (Å²) in [5, 5.41) is 2.98. The van der Waals surface area contributed by atoms with Crippen LogP contribution in [-0.4, -0.2) is 77.6 Å². The lowest BCUT2D eigenvalue weighted by atomic mass is 9.89. The maximum Gasteiger partial charge on any atom is 0.410 e. The molecule has 2 aliphatic rings. The van der Waals surface area contributed by atoms with Crippen LogP contribution in [0.3, 0.4) is 0 Å². The molecule has 0 aromatic heterocycles. The summed E-state index contributed by atoms with van der Waals surface area (Å²) >= 11 is 0. The quantitative estimate of drug-likeness (QED) is 0.459. The van der Waals surface area contributed by atoms with E-state index < -0.39 is 29.2 Å². The molecule has 9 nitrogen and oxygen atoms in total. The van der Waals surface area contributed by atoms with E-state index in [0.717, 1.165) is 19.3 Å². The summed E-state index contributed by atoms with van der Waals surface area (Å²) < 4.78 is 10.1. The third-order valence-corrected chi connectivity index (χ3v) is 5.81. The van der Waals surface area contributed by atoms with E-state index in [1.807, 2.05) is 0 Å². The van der Waals surface area contributed by atoms with Crippen molar-refractivity contribution in [2.75, 3.05) is 26.7 Å². The molecule has 2 aliphatic heterocycles. The number of likely N-dealkylation sites (tertiary alicyclic amines) is 2. The van der Waals surface area contributed by atoms with Crippen LogP contribution < -0.4 is 5.32 Å². The van der Waals surface area contributed by atoms with Crippen LogP contribution in [0.5, 0.6) is 0 Å². The summed E-state index contributed by atoms with van der Waals surface area (Å²) in [7, 11) is 1.28. The molecule has 2 fully saturated rings. The van der Waals surface area contributed by atoms with Gasteiger partial charge in [0.15, 0.2) is 0 Å². The lowest BCUT2D eigenvalue weighted by Gasteiger charge is -2.33. The fourth-order valence-corrected chi connectivity index (χ4v) is 4.19. The molecule has 0 aliphatic carbocycles. The first kappa shape index (κ1) is 24.9. The minimum absolute atomic E-state index is 0.131. The average molecular weight is 440 g/mol. The van der Waals surface area contributed by atoms with E-state index in [1.54, 1.807) is 20.8 Å². The molecule has 2 atom stereocenters. The maximum absolute atomic E-state index is 13.2. The van der Waals surface area contributed by atoms with Gasteiger partial charge in [0, 0.05) is 13.1 Å². The Morgan fingerprint density at radius 2 is 1.90 bits per heavy atom. The molecule has 0 aromatic carbocycles. The van der Waals surface area contributed by atoms with Gasteiger partial charge >= 0.3 is 12.1 Å². The van der Waals surface area contributed by atoms with Crippen LogP contribution in [0.15, 0.2) is 0 Å². The summed E-state index contributed by atoms with van der Waals surface area (Å²) in [5.74, 6) is -1.09. The van der Waals surface area contributed by atoms with Gasteiger partial charge in [-0.05, 0) is 46.5 Å². The van der Waals surface area contributed by atoms with Gasteiger partial charge < -0.3 is 19.7 Å². The molecular formula is C22H37N3O6. The van der Waals surface area contributed by atoms with Crippen molar-refractivity contribution in [1.29, 1.82) is 0 Å². The van der Waals surface area contributed by atoms with Gasteiger partial charge in [-0.1, -0.05) is 26.2 Å². The number of carbonyl (C=O) groups excluding carboxylic acids is 4. The molecule has 2 saturated heterocycles. The van der Waals surface area contributed by atoms with E-state index in [9.17, 15) is 19.2 Å². The predicted octanol–water partition coefficient (Wildman–Crippen LogP) is 2.23. The number of carbonyl (C=O) groups is 4. The Morgan fingerprint density at radius 1 is 1.19 bits per heavy atom. The highest BCUT2D eigenvalue weighted by Crippen LogP contribution is 2.30. The van der Waals surface area contributed by atoms with Gasteiger partial charge in [-0.25, -0.2) is 4.79 Å². The first-order valence-corrected chi connectivity index (χ1v) is 11.2. The molecule has 31 heavy (non-hydrogen) atoms. The van der Waals surface area contributed by atoms with Gasteiger partial charge in [0.1, 0.15) is 23.7 Å². The van der Waals surface area contributed by atoms with Gasteiger partial charge in [-0.15, -0.1) is 0 Å². The van der Waals surface area contributed by atoms with E-state index in [-0.39, 0.29) is 18.4 Å². The summed E-state index contributed by atoms with van der Waals surface area (Å²) in [6.07, 6.45) is 4.34. The molecule has 0 bridgehead atoms. The molecule has 1 N–H and O–H groups in total. The molecule has 176 valence electrons. The van der Waals surface area contributed by atoms with Crippen LogP contribution >= 0.6 is 0 Å². The minimum atomic E-state index is -1.05. The molecule has 9 heteroatoms. The van der Waals surface area contributed by atoms with E-state index in [2.05, 4.69) is 12.2 Å². The molecule has 2 heterocycles. The minimum Gasteiger partial charge on any atom is -0.468 e. The number of rotatable bonds is 8. The van der Waals surface area contributed by atoms with Crippen molar-refractivity contribution >= 4 is 23.9 Å². The number of nitrogens with one attached hydrogen (secondary N) is 1.